The molecule has 7 heteroatoms. The van der Waals surface area contributed by atoms with Crippen LogP contribution >= 0.6 is 0 Å². The Bertz CT molecular complexity index is 507. The lowest BCUT2D eigenvalue weighted by molar-refractivity contribution is -0.144. The number of hydrogen-bond acceptors (Lipinski definition) is 5. The van der Waals surface area contributed by atoms with Crippen LogP contribution in [0.3, 0.4) is 0 Å². The van der Waals surface area contributed by atoms with Crippen molar-refractivity contribution in [2.24, 2.45) is 13.0 Å². The summed E-state index contributed by atoms with van der Waals surface area (Å²) >= 11 is 0. The van der Waals surface area contributed by atoms with Gasteiger partial charge in [-0.2, -0.15) is 0 Å². The van der Waals surface area contributed by atoms with E-state index in [1.54, 1.807) is 23.9 Å². The molecule has 6 nitrogen and oxygen atoms in total. The minimum atomic E-state index is -3.28. The summed E-state index contributed by atoms with van der Waals surface area (Å²) < 4.78 is 29.9. The van der Waals surface area contributed by atoms with Crippen LogP contribution in [0, 0.1) is 5.92 Å². The number of aromatic nitrogens is 2. The number of imidazole rings is 1. The number of rotatable bonds is 6. The first-order valence-corrected chi connectivity index (χ1v) is 7.42. The van der Waals surface area contributed by atoms with Gasteiger partial charge in [0.1, 0.15) is 5.82 Å². The lowest BCUT2D eigenvalue weighted by atomic mass is 10.2. The summed E-state index contributed by atoms with van der Waals surface area (Å²) in [5.41, 5.74) is 0. The van der Waals surface area contributed by atoms with E-state index in [1.165, 1.54) is 7.11 Å². The molecule has 1 aromatic heterocycles. The van der Waals surface area contributed by atoms with Crippen molar-refractivity contribution < 1.29 is 17.9 Å². The van der Waals surface area contributed by atoms with Gasteiger partial charge in [0.2, 0.25) is 0 Å². The van der Waals surface area contributed by atoms with Crippen molar-refractivity contribution in [1.29, 1.82) is 0 Å². The molecule has 1 atom stereocenters. The van der Waals surface area contributed by atoms with Gasteiger partial charge >= 0.3 is 5.97 Å². The normalized spacial score (nSPS) is 13.3. The van der Waals surface area contributed by atoms with Crippen molar-refractivity contribution in [1.82, 2.24) is 9.55 Å². The third kappa shape index (κ3) is 4.14. The highest BCUT2D eigenvalue weighted by Gasteiger charge is 2.22. The van der Waals surface area contributed by atoms with Crippen LogP contribution in [-0.2, 0) is 32.8 Å². The van der Waals surface area contributed by atoms with Crippen molar-refractivity contribution in [2.75, 3.05) is 18.6 Å². The van der Waals surface area contributed by atoms with E-state index in [9.17, 15) is 13.2 Å². The van der Waals surface area contributed by atoms with E-state index in [4.69, 9.17) is 0 Å². The number of aryl methyl sites for hydroxylation is 2. The summed E-state index contributed by atoms with van der Waals surface area (Å²) in [5, 5.41) is 0. The fourth-order valence-corrected chi connectivity index (χ4v) is 3.18. The highest BCUT2D eigenvalue weighted by Crippen LogP contribution is 2.06. The standard InChI is InChI=1S/C11H18N2O4S/c1-9(11(14)17-3)8-18(15,16)7-4-10-12-5-6-13(10)2/h5-6,9H,4,7-8H2,1-3H3. The molecule has 0 aliphatic rings. The van der Waals surface area contributed by atoms with Crippen molar-refractivity contribution >= 4 is 15.8 Å². The van der Waals surface area contributed by atoms with Gasteiger partial charge in [-0.25, -0.2) is 13.4 Å². The van der Waals surface area contributed by atoms with Gasteiger partial charge in [-0.3, -0.25) is 4.79 Å². The largest absolute Gasteiger partial charge is 0.469 e. The summed E-state index contributed by atoms with van der Waals surface area (Å²) in [5.74, 6) is -0.634. The SMILES string of the molecule is COC(=O)C(C)CS(=O)(=O)CCc1nccn1C. The molecule has 0 aromatic carbocycles. The summed E-state index contributed by atoms with van der Waals surface area (Å²) in [6, 6.07) is 0. The molecule has 102 valence electrons. The summed E-state index contributed by atoms with van der Waals surface area (Å²) in [6.45, 7) is 1.55. The van der Waals surface area contributed by atoms with Crippen LogP contribution in [0.2, 0.25) is 0 Å². The Labute approximate surface area is 107 Å². The highest BCUT2D eigenvalue weighted by atomic mass is 32.2. The van der Waals surface area contributed by atoms with Crippen molar-refractivity contribution in [2.45, 2.75) is 13.3 Å². The third-order valence-corrected chi connectivity index (χ3v) is 4.50. The molecule has 0 aliphatic carbocycles. The number of esters is 1. The van der Waals surface area contributed by atoms with Crippen LogP contribution in [0.4, 0.5) is 0 Å². The lowest BCUT2D eigenvalue weighted by Crippen LogP contribution is -2.25. The van der Waals surface area contributed by atoms with E-state index in [1.807, 2.05) is 7.05 Å². The van der Waals surface area contributed by atoms with Gasteiger partial charge < -0.3 is 9.30 Å². The van der Waals surface area contributed by atoms with Gasteiger partial charge in [-0.05, 0) is 0 Å². The molecular weight excluding hydrogens is 256 g/mol. The van der Waals surface area contributed by atoms with Gasteiger partial charge in [0, 0.05) is 25.9 Å². The van der Waals surface area contributed by atoms with Crippen LogP contribution < -0.4 is 0 Å². The van der Waals surface area contributed by atoms with Crippen LogP contribution in [0.5, 0.6) is 0 Å². The first-order chi connectivity index (χ1) is 8.35. The molecule has 0 aliphatic heterocycles. The van der Waals surface area contributed by atoms with Crippen LogP contribution in [0.25, 0.3) is 0 Å². The molecular formula is C11H18N2O4S. The molecule has 0 saturated carbocycles. The highest BCUT2D eigenvalue weighted by molar-refractivity contribution is 7.91. The third-order valence-electron chi connectivity index (χ3n) is 2.67. The monoisotopic (exact) mass is 274 g/mol. The Morgan fingerprint density at radius 3 is 2.72 bits per heavy atom. The number of carbonyl (C=O) groups excluding carboxylic acids is 1. The first-order valence-electron chi connectivity index (χ1n) is 5.60. The second-order valence-corrected chi connectivity index (χ2v) is 6.47. The second kappa shape index (κ2) is 5.99. The fraction of sp³-hybridized carbons (Fsp3) is 0.636. The smallest absolute Gasteiger partial charge is 0.309 e. The van der Waals surface area contributed by atoms with Crippen LogP contribution in [0.1, 0.15) is 12.7 Å². The molecule has 0 N–H and O–H groups in total. The van der Waals surface area contributed by atoms with Gasteiger partial charge in [0.25, 0.3) is 0 Å². The Balaban J connectivity index is 2.55. The maximum absolute atomic E-state index is 11.8. The second-order valence-electron chi connectivity index (χ2n) is 4.24. The number of carbonyl (C=O) groups is 1. The molecule has 0 saturated heterocycles. The van der Waals surface area contributed by atoms with E-state index < -0.39 is 21.7 Å². The Kier molecular flexibility index (Phi) is 4.89. The molecule has 0 radical (unpaired) electrons. The average molecular weight is 274 g/mol. The first kappa shape index (κ1) is 14.7. The van der Waals surface area contributed by atoms with E-state index in [2.05, 4.69) is 9.72 Å². The van der Waals surface area contributed by atoms with Crippen LogP contribution in [0.15, 0.2) is 12.4 Å². The number of nitrogens with zero attached hydrogens (tertiary/aromatic N) is 2. The fourth-order valence-electron chi connectivity index (χ4n) is 1.62. The number of methoxy groups -OCH3 is 1. The zero-order valence-corrected chi connectivity index (χ0v) is 11.6. The lowest BCUT2D eigenvalue weighted by Gasteiger charge is -2.09. The molecule has 0 amide bonds. The summed E-state index contributed by atoms with van der Waals surface area (Å²) in [7, 11) is -0.222. The Hall–Kier alpha value is -1.37. The van der Waals surface area contributed by atoms with Gasteiger partial charge in [-0.1, -0.05) is 6.92 Å². The number of hydrogen-bond donors (Lipinski definition) is 0. The molecule has 1 aromatic rings. The topological polar surface area (TPSA) is 78.3 Å². The van der Waals surface area contributed by atoms with Gasteiger partial charge in [0.15, 0.2) is 9.84 Å². The molecule has 1 heterocycles. The zero-order chi connectivity index (χ0) is 13.8. The van der Waals surface area contributed by atoms with E-state index in [0.717, 1.165) is 0 Å². The van der Waals surface area contributed by atoms with Crippen molar-refractivity contribution in [3.05, 3.63) is 18.2 Å². The zero-order valence-electron chi connectivity index (χ0n) is 10.8. The Morgan fingerprint density at radius 1 is 1.56 bits per heavy atom. The van der Waals surface area contributed by atoms with Crippen molar-refractivity contribution in [3.8, 4) is 0 Å². The van der Waals surface area contributed by atoms with Gasteiger partial charge in [0.05, 0.1) is 24.5 Å². The van der Waals surface area contributed by atoms with Crippen molar-refractivity contribution in [3.63, 3.8) is 0 Å². The minimum Gasteiger partial charge on any atom is -0.469 e. The predicted molar refractivity (Wildman–Crippen MR) is 66.7 cm³/mol. The van der Waals surface area contributed by atoms with E-state index in [0.29, 0.717) is 12.2 Å². The van der Waals surface area contributed by atoms with Crippen LogP contribution in [-0.4, -0.2) is 42.6 Å². The molecule has 0 fully saturated rings. The number of sulfone groups is 1. The average Bonchev–Trinajstić information content (AvgIpc) is 2.70. The molecule has 18 heavy (non-hydrogen) atoms. The predicted octanol–water partition coefficient (Wildman–Crippen LogP) is 0.186. The Morgan fingerprint density at radius 2 is 2.22 bits per heavy atom. The van der Waals surface area contributed by atoms with Gasteiger partial charge in [-0.15, -0.1) is 0 Å². The molecule has 0 spiro atoms. The summed E-state index contributed by atoms with van der Waals surface area (Å²) in [4.78, 5) is 15.2. The molecule has 1 unspecified atom stereocenters. The molecule has 1 rings (SSSR count). The minimum absolute atomic E-state index is 0.0147. The quantitative estimate of drug-likeness (QED) is 0.692. The summed E-state index contributed by atoms with van der Waals surface area (Å²) in [6.07, 6.45) is 3.73. The number of ether oxygens (including phenoxy) is 1. The molecule has 0 bridgehead atoms. The maximum Gasteiger partial charge on any atom is 0.309 e. The maximum atomic E-state index is 11.8. The van der Waals surface area contributed by atoms with E-state index >= 15 is 0 Å². The van der Waals surface area contributed by atoms with E-state index in [-0.39, 0.29) is 11.5 Å².